The molecule has 1 aromatic rings. The molecule has 1 saturated carbocycles. The summed E-state index contributed by atoms with van der Waals surface area (Å²) in [6.45, 7) is 7.58. The molecule has 3 fully saturated rings. The van der Waals surface area contributed by atoms with Gasteiger partial charge in [-0.3, -0.25) is 4.90 Å². The number of nitrogens with zero attached hydrogens (tertiary/aromatic N) is 2. The topological polar surface area (TPSA) is 19.6 Å². The predicted molar refractivity (Wildman–Crippen MR) is 79.4 cm³/mol. The Kier molecular flexibility index (Phi) is 3.35. The fraction of sp³-hybridized carbons (Fsp3) is 0.765. The Morgan fingerprint density at radius 2 is 2.05 bits per heavy atom. The van der Waals surface area contributed by atoms with Crippen LogP contribution in [0.2, 0.25) is 0 Å². The maximum Gasteiger partial charge on any atom is 0.117 e. The van der Waals surface area contributed by atoms with Gasteiger partial charge in [0.25, 0.3) is 0 Å². The highest BCUT2D eigenvalue weighted by Gasteiger charge is 2.42. The minimum Gasteiger partial charge on any atom is -0.468 e. The summed E-state index contributed by atoms with van der Waals surface area (Å²) in [5.41, 5.74) is 0.583. The van der Waals surface area contributed by atoms with Gasteiger partial charge in [-0.05, 0) is 68.7 Å². The van der Waals surface area contributed by atoms with Gasteiger partial charge in [-0.25, -0.2) is 0 Å². The monoisotopic (exact) mass is 274 g/mol. The number of piperidine rings is 1. The molecule has 3 aliphatic rings. The SMILES string of the molecule is c1coc(CN2CC[C@@]3(CCCN(CC4CC4)C3)C2)c1. The lowest BCUT2D eigenvalue weighted by Gasteiger charge is -2.40. The summed E-state index contributed by atoms with van der Waals surface area (Å²) in [6, 6.07) is 4.10. The maximum atomic E-state index is 5.50. The summed E-state index contributed by atoms with van der Waals surface area (Å²) in [6.07, 6.45) is 8.97. The first-order valence-electron chi connectivity index (χ1n) is 8.29. The molecule has 2 aliphatic heterocycles. The zero-order chi connectivity index (χ0) is 13.4. The van der Waals surface area contributed by atoms with Crippen LogP contribution in [0.3, 0.4) is 0 Å². The molecule has 0 amide bonds. The molecule has 1 aliphatic carbocycles. The largest absolute Gasteiger partial charge is 0.468 e. The van der Waals surface area contributed by atoms with Crippen molar-refractivity contribution >= 4 is 0 Å². The van der Waals surface area contributed by atoms with E-state index in [4.69, 9.17) is 4.42 Å². The van der Waals surface area contributed by atoms with Gasteiger partial charge in [-0.15, -0.1) is 0 Å². The average molecular weight is 274 g/mol. The van der Waals surface area contributed by atoms with Crippen molar-refractivity contribution in [3.63, 3.8) is 0 Å². The van der Waals surface area contributed by atoms with Crippen molar-refractivity contribution in [2.75, 3.05) is 32.7 Å². The third kappa shape index (κ3) is 2.79. The van der Waals surface area contributed by atoms with Crippen LogP contribution in [0.1, 0.15) is 37.9 Å². The van der Waals surface area contributed by atoms with E-state index in [1.54, 1.807) is 6.26 Å². The molecule has 0 bridgehead atoms. The van der Waals surface area contributed by atoms with Crippen molar-refractivity contribution in [1.29, 1.82) is 0 Å². The van der Waals surface area contributed by atoms with Gasteiger partial charge in [0.05, 0.1) is 12.8 Å². The van der Waals surface area contributed by atoms with Crippen LogP contribution in [0.15, 0.2) is 22.8 Å². The lowest BCUT2D eigenvalue weighted by molar-refractivity contribution is 0.0876. The summed E-state index contributed by atoms with van der Waals surface area (Å²) < 4.78 is 5.50. The predicted octanol–water partition coefficient (Wildman–Crippen LogP) is 2.98. The summed E-state index contributed by atoms with van der Waals surface area (Å²) in [7, 11) is 0. The van der Waals surface area contributed by atoms with Gasteiger partial charge < -0.3 is 9.32 Å². The molecule has 3 heteroatoms. The van der Waals surface area contributed by atoms with Gasteiger partial charge in [-0.2, -0.15) is 0 Å². The summed E-state index contributed by atoms with van der Waals surface area (Å²) in [4.78, 5) is 5.36. The van der Waals surface area contributed by atoms with Crippen LogP contribution >= 0.6 is 0 Å². The van der Waals surface area contributed by atoms with Crippen LogP contribution in [0.4, 0.5) is 0 Å². The Morgan fingerprint density at radius 1 is 1.15 bits per heavy atom. The van der Waals surface area contributed by atoms with E-state index in [0.29, 0.717) is 5.41 Å². The average Bonchev–Trinajstić information content (AvgIpc) is 2.96. The second-order valence-electron chi connectivity index (χ2n) is 7.32. The molecule has 110 valence electrons. The fourth-order valence-electron chi connectivity index (χ4n) is 4.25. The molecule has 4 rings (SSSR count). The van der Waals surface area contributed by atoms with Crippen molar-refractivity contribution in [2.24, 2.45) is 11.3 Å². The minimum absolute atomic E-state index is 0.583. The first kappa shape index (κ1) is 12.9. The molecule has 0 radical (unpaired) electrons. The van der Waals surface area contributed by atoms with Gasteiger partial charge in [0.2, 0.25) is 0 Å². The Bertz CT molecular complexity index is 440. The highest BCUT2D eigenvalue weighted by Crippen LogP contribution is 2.41. The lowest BCUT2D eigenvalue weighted by atomic mass is 9.79. The lowest BCUT2D eigenvalue weighted by Crippen LogP contribution is -2.45. The van der Waals surface area contributed by atoms with E-state index in [9.17, 15) is 0 Å². The first-order valence-corrected chi connectivity index (χ1v) is 8.29. The molecular formula is C17H26N2O. The van der Waals surface area contributed by atoms with E-state index >= 15 is 0 Å². The van der Waals surface area contributed by atoms with E-state index in [-0.39, 0.29) is 0 Å². The number of furan rings is 1. The highest BCUT2D eigenvalue weighted by atomic mass is 16.3. The number of hydrogen-bond donors (Lipinski definition) is 0. The van der Waals surface area contributed by atoms with Crippen LogP contribution in [0, 0.1) is 11.3 Å². The normalized spacial score (nSPS) is 32.2. The van der Waals surface area contributed by atoms with Crippen molar-refractivity contribution in [3.8, 4) is 0 Å². The van der Waals surface area contributed by atoms with Crippen LogP contribution in [0.5, 0.6) is 0 Å². The van der Waals surface area contributed by atoms with E-state index in [0.717, 1.165) is 18.2 Å². The van der Waals surface area contributed by atoms with Gasteiger partial charge in [0.15, 0.2) is 0 Å². The maximum absolute atomic E-state index is 5.50. The van der Waals surface area contributed by atoms with Gasteiger partial charge in [0.1, 0.15) is 5.76 Å². The van der Waals surface area contributed by atoms with Crippen LogP contribution in [-0.2, 0) is 6.54 Å². The minimum atomic E-state index is 0.583. The summed E-state index contributed by atoms with van der Waals surface area (Å²) in [5, 5.41) is 0. The van der Waals surface area contributed by atoms with Crippen LogP contribution in [-0.4, -0.2) is 42.5 Å². The Balaban J connectivity index is 1.35. The molecule has 3 nitrogen and oxygen atoms in total. The third-order valence-corrected chi connectivity index (χ3v) is 5.43. The van der Waals surface area contributed by atoms with E-state index in [1.807, 2.05) is 6.07 Å². The molecule has 1 aromatic heterocycles. The first-order chi connectivity index (χ1) is 9.81. The second kappa shape index (κ2) is 5.19. The number of rotatable bonds is 4. The molecule has 20 heavy (non-hydrogen) atoms. The molecule has 0 aromatic carbocycles. The Labute approximate surface area is 121 Å². The van der Waals surface area contributed by atoms with Gasteiger partial charge in [-0.1, -0.05) is 0 Å². The number of hydrogen-bond acceptors (Lipinski definition) is 3. The van der Waals surface area contributed by atoms with Crippen LogP contribution < -0.4 is 0 Å². The zero-order valence-electron chi connectivity index (χ0n) is 12.4. The van der Waals surface area contributed by atoms with Gasteiger partial charge >= 0.3 is 0 Å². The van der Waals surface area contributed by atoms with Crippen molar-refractivity contribution in [2.45, 2.75) is 38.6 Å². The molecule has 0 unspecified atom stereocenters. The Hall–Kier alpha value is -0.800. The molecule has 2 saturated heterocycles. The fourth-order valence-corrected chi connectivity index (χ4v) is 4.25. The summed E-state index contributed by atoms with van der Waals surface area (Å²) in [5.74, 6) is 2.15. The van der Waals surface area contributed by atoms with E-state index in [2.05, 4.69) is 15.9 Å². The molecular weight excluding hydrogens is 248 g/mol. The molecule has 1 spiro atoms. The third-order valence-electron chi connectivity index (χ3n) is 5.43. The van der Waals surface area contributed by atoms with Crippen molar-refractivity contribution in [1.82, 2.24) is 9.80 Å². The molecule has 1 atom stereocenters. The molecule has 3 heterocycles. The smallest absolute Gasteiger partial charge is 0.117 e. The standard InChI is InChI=1S/C17H26N2O/c1-3-16(20-10-1)12-19-9-7-17(14-19)6-2-8-18(13-17)11-15-4-5-15/h1,3,10,15H,2,4-9,11-14H2/t17-/m1/s1. The zero-order valence-corrected chi connectivity index (χ0v) is 12.4. The van der Waals surface area contributed by atoms with E-state index < -0.39 is 0 Å². The van der Waals surface area contributed by atoms with Crippen molar-refractivity contribution in [3.05, 3.63) is 24.2 Å². The highest BCUT2D eigenvalue weighted by molar-refractivity contribution is 5.01. The van der Waals surface area contributed by atoms with Crippen LogP contribution in [0.25, 0.3) is 0 Å². The van der Waals surface area contributed by atoms with Crippen molar-refractivity contribution < 1.29 is 4.42 Å². The Morgan fingerprint density at radius 3 is 2.85 bits per heavy atom. The second-order valence-corrected chi connectivity index (χ2v) is 7.32. The summed E-state index contributed by atoms with van der Waals surface area (Å²) >= 11 is 0. The quantitative estimate of drug-likeness (QED) is 0.841. The number of likely N-dealkylation sites (tertiary alicyclic amines) is 2. The van der Waals surface area contributed by atoms with Gasteiger partial charge in [0, 0.05) is 19.6 Å². The molecule has 0 N–H and O–H groups in total. The van der Waals surface area contributed by atoms with E-state index in [1.165, 1.54) is 64.8 Å².